The van der Waals surface area contributed by atoms with Crippen molar-refractivity contribution < 1.29 is 19.1 Å². The van der Waals surface area contributed by atoms with Gasteiger partial charge in [-0.2, -0.15) is 5.10 Å². The van der Waals surface area contributed by atoms with Crippen LogP contribution in [-0.4, -0.2) is 81.4 Å². The third-order valence-corrected chi connectivity index (χ3v) is 5.29. The smallest absolute Gasteiger partial charge is 0.272 e. The van der Waals surface area contributed by atoms with E-state index in [2.05, 4.69) is 10.1 Å². The van der Waals surface area contributed by atoms with Gasteiger partial charge in [0.2, 0.25) is 5.91 Å². The Morgan fingerprint density at radius 3 is 2.72 bits per heavy atom. The van der Waals surface area contributed by atoms with Crippen LogP contribution >= 0.6 is 0 Å². The lowest BCUT2D eigenvalue weighted by Crippen LogP contribution is -2.51. The molecule has 0 N–H and O–H groups in total. The summed E-state index contributed by atoms with van der Waals surface area (Å²) in [4.78, 5) is 34.0. The Morgan fingerprint density at radius 1 is 1.28 bits per heavy atom. The molecule has 154 valence electrons. The van der Waals surface area contributed by atoms with E-state index >= 15 is 0 Å². The number of amides is 2. The van der Waals surface area contributed by atoms with E-state index < -0.39 is 6.04 Å². The fourth-order valence-electron chi connectivity index (χ4n) is 3.90. The first-order valence-electron chi connectivity index (χ1n) is 9.78. The third kappa shape index (κ3) is 4.09. The first-order chi connectivity index (χ1) is 14.0. The van der Waals surface area contributed by atoms with Gasteiger partial charge >= 0.3 is 0 Å². The Labute approximate surface area is 169 Å². The van der Waals surface area contributed by atoms with Crippen molar-refractivity contribution in [2.45, 2.75) is 25.5 Å². The van der Waals surface area contributed by atoms with Crippen molar-refractivity contribution in [2.75, 3.05) is 32.8 Å². The van der Waals surface area contributed by atoms with E-state index in [1.807, 2.05) is 13.0 Å². The Kier molecular flexibility index (Phi) is 5.48. The molecule has 0 bridgehead atoms. The number of rotatable bonds is 4. The molecule has 0 radical (unpaired) electrons. The van der Waals surface area contributed by atoms with Gasteiger partial charge in [0, 0.05) is 32.8 Å². The quantitative estimate of drug-likeness (QED) is 0.750. The van der Waals surface area contributed by atoms with E-state index in [-0.39, 0.29) is 17.9 Å². The van der Waals surface area contributed by atoms with Crippen LogP contribution in [0.2, 0.25) is 0 Å². The van der Waals surface area contributed by atoms with E-state index in [0.717, 1.165) is 5.69 Å². The van der Waals surface area contributed by atoms with Crippen molar-refractivity contribution >= 4 is 11.8 Å². The third-order valence-electron chi connectivity index (χ3n) is 5.29. The number of carbonyl (C=O) groups is 2. The van der Waals surface area contributed by atoms with Crippen LogP contribution in [0.3, 0.4) is 0 Å². The largest absolute Gasteiger partial charge is 0.487 e. The highest BCUT2D eigenvalue weighted by molar-refractivity contribution is 5.97. The van der Waals surface area contributed by atoms with Gasteiger partial charge in [0.25, 0.3) is 5.91 Å². The van der Waals surface area contributed by atoms with Crippen LogP contribution in [0.25, 0.3) is 0 Å². The van der Waals surface area contributed by atoms with Crippen molar-refractivity contribution in [3.8, 4) is 5.75 Å². The summed E-state index contributed by atoms with van der Waals surface area (Å²) in [5.74, 6) is 0.357. The zero-order valence-corrected chi connectivity index (χ0v) is 16.7. The van der Waals surface area contributed by atoms with Gasteiger partial charge in [0.05, 0.1) is 31.6 Å². The SMILES string of the molecule is Cc1cc(C(=O)N2C[C@@H](Oc3cccnc3)C[C@H]2C(=O)N2CCOCC2)n(C)n1. The van der Waals surface area contributed by atoms with E-state index in [1.54, 1.807) is 46.1 Å². The van der Waals surface area contributed by atoms with Gasteiger partial charge < -0.3 is 19.3 Å². The van der Waals surface area contributed by atoms with Gasteiger partial charge in [-0.05, 0) is 25.1 Å². The minimum Gasteiger partial charge on any atom is -0.487 e. The maximum absolute atomic E-state index is 13.3. The van der Waals surface area contributed by atoms with Crippen LogP contribution in [0.5, 0.6) is 5.75 Å². The molecule has 2 fully saturated rings. The van der Waals surface area contributed by atoms with Crippen LogP contribution < -0.4 is 4.74 Å². The maximum Gasteiger partial charge on any atom is 0.272 e. The second-order valence-electron chi connectivity index (χ2n) is 7.37. The number of aromatic nitrogens is 3. The van der Waals surface area contributed by atoms with Gasteiger partial charge in [-0.3, -0.25) is 19.3 Å². The molecule has 2 amide bonds. The van der Waals surface area contributed by atoms with Crippen LogP contribution in [0.4, 0.5) is 0 Å². The number of ether oxygens (including phenoxy) is 2. The molecule has 2 aromatic heterocycles. The van der Waals surface area contributed by atoms with E-state index in [4.69, 9.17) is 9.47 Å². The molecular weight excluding hydrogens is 374 g/mol. The molecule has 4 heterocycles. The first-order valence-corrected chi connectivity index (χ1v) is 9.78. The molecule has 0 spiro atoms. The molecule has 2 aromatic rings. The van der Waals surface area contributed by atoms with Gasteiger partial charge in [-0.25, -0.2) is 0 Å². The fraction of sp³-hybridized carbons (Fsp3) is 0.500. The Morgan fingerprint density at radius 2 is 2.07 bits per heavy atom. The lowest BCUT2D eigenvalue weighted by atomic mass is 10.1. The number of carbonyl (C=O) groups excluding carboxylic acids is 2. The summed E-state index contributed by atoms with van der Waals surface area (Å²) in [7, 11) is 1.73. The first kappa shape index (κ1) is 19.4. The topological polar surface area (TPSA) is 89.8 Å². The maximum atomic E-state index is 13.3. The van der Waals surface area contributed by atoms with Crippen molar-refractivity contribution in [3.63, 3.8) is 0 Å². The minimum absolute atomic E-state index is 0.0576. The summed E-state index contributed by atoms with van der Waals surface area (Å²) in [6.07, 6.45) is 3.46. The van der Waals surface area contributed by atoms with Gasteiger partial charge in [-0.15, -0.1) is 0 Å². The zero-order chi connectivity index (χ0) is 20.4. The zero-order valence-electron chi connectivity index (χ0n) is 16.7. The normalized spacial score (nSPS) is 22.0. The summed E-state index contributed by atoms with van der Waals surface area (Å²) in [6, 6.07) is 4.79. The highest BCUT2D eigenvalue weighted by atomic mass is 16.5. The Bertz CT molecular complexity index is 878. The molecule has 0 saturated carbocycles. The molecular formula is C20H25N5O4. The number of hydrogen-bond donors (Lipinski definition) is 0. The second-order valence-corrected chi connectivity index (χ2v) is 7.37. The van der Waals surface area contributed by atoms with Crippen LogP contribution in [-0.2, 0) is 16.6 Å². The summed E-state index contributed by atoms with van der Waals surface area (Å²) >= 11 is 0. The van der Waals surface area contributed by atoms with Crippen molar-refractivity contribution in [3.05, 3.63) is 42.0 Å². The highest BCUT2D eigenvalue weighted by Crippen LogP contribution is 2.26. The number of nitrogens with zero attached hydrogens (tertiary/aromatic N) is 5. The molecule has 0 aliphatic carbocycles. The molecule has 29 heavy (non-hydrogen) atoms. The van der Waals surface area contributed by atoms with E-state index in [9.17, 15) is 9.59 Å². The minimum atomic E-state index is -0.572. The Balaban J connectivity index is 1.57. The molecule has 2 atom stereocenters. The molecule has 2 saturated heterocycles. The van der Waals surface area contributed by atoms with E-state index in [1.165, 1.54) is 0 Å². The van der Waals surface area contributed by atoms with Crippen LogP contribution in [0.1, 0.15) is 22.6 Å². The van der Waals surface area contributed by atoms with Gasteiger partial charge in [-0.1, -0.05) is 0 Å². The van der Waals surface area contributed by atoms with E-state index in [0.29, 0.717) is 50.7 Å². The number of morpholine rings is 1. The summed E-state index contributed by atoms with van der Waals surface area (Å²) in [5, 5.41) is 4.27. The number of hydrogen-bond acceptors (Lipinski definition) is 6. The number of aryl methyl sites for hydroxylation is 2. The molecule has 2 aliphatic rings. The monoisotopic (exact) mass is 399 g/mol. The Hall–Kier alpha value is -2.94. The summed E-state index contributed by atoms with van der Waals surface area (Å²) in [5.41, 5.74) is 1.22. The second kappa shape index (κ2) is 8.20. The molecule has 9 heteroatoms. The van der Waals surface area contributed by atoms with Crippen molar-refractivity contribution in [1.29, 1.82) is 0 Å². The molecule has 0 unspecified atom stereocenters. The number of likely N-dealkylation sites (tertiary alicyclic amines) is 1. The standard InChI is InChI=1S/C20H25N5O4/c1-14-10-17(23(2)22-14)20(27)25-13-16(29-15-4-3-5-21-12-15)11-18(25)19(26)24-6-8-28-9-7-24/h3-5,10,12,16,18H,6-9,11,13H2,1-2H3/t16-,18-/m0/s1. The average molecular weight is 399 g/mol. The lowest BCUT2D eigenvalue weighted by Gasteiger charge is -2.32. The predicted octanol–water partition coefficient (Wildman–Crippen LogP) is 0.644. The van der Waals surface area contributed by atoms with Crippen molar-refractivity contribution in [1.82, 2.24) is 24.6 Å². The molecule has 2 aliphatic heterocycles. The van der Waals surface area contributed by atoms with Gasteiger partial charge in [0.1, 0.15) is 23.6 Å². The average Bonchev–Trinajstić information content (AvgIpc) is 3.31. The van der Waals surface area contributed by atoms with Crippen LogP contribution in [0, 0.1) is 6.92 Å². The van der Waals surface area contributed by atoms with Crippen molar-refractivity contribution in [2.24, 2.45) is 7.05 Å². The fourth-order valence-corrected chi connectivity index (χ4v) is 3.90. The summed E-state index contributed by atoms with van der Waals surface area (Å²) in [6.45, 7) is 4.28. The molecule has 4 rings (SSSR count). The van der Waals surface area contributed by atoms with Gasteiger partial charge in [0.15, 0.2) is 0 Å². The lowest BCUT2D eigenvalue weighted by molar-refractivity contribution is -0.139. The predicted molar refractivity (Wildman–Crippen MR) is 103 cm³/mol. The molecule has 0 aromatic carbocycles. The molecule has 9 nitrogen and oxygen atoms in total. The highest BCUT2D eigenvalue weighted by Gasteiger charge is 2.43. The number of pyridine rings is 1. The summed E-state index contributed by atoms with van der Waals surface area (Å²) < 4.78 is 12.9. The van der Waals surface area contributed by atoms with Crippen LogP contribution in [0.15, 0.2) is 30.6 Å².